The largest absolute Gasteiger partial charge is 0.546 e. The van der Waals surface area contributed by atoms with Crippen molar-refractivity contribution >= 4 is 34.1 Å². The Morgan fingerprint density at radius 3 is 2.34 bits per heavy atom. The summed E-state index contributed by atoms with van der Waals surface area (Å²) in [5, 5.41) is 22.3. The lowest BCUT2D eigenvalue weighted by atomic mass is 10.2. The SMILES string of the molecule is CS(=O)c1ccc(Oc2ccc([N+](=O)[O-])c(Oc3ccccc3OCC(=O)[O-])c2)c(Cl)c1. The fraction of sp³-hybridized carbons (Fsp3) is 0.0952. The van der Waals surface area contributed by atoms with Gasteiger partial charge in [0.05, 0.1) is 15.9 Å². The Kier molecular flexibility index (Phi) is 7.29. The molecule has 1 unspecified atom stereocenters. The molecule has 3 rings (SSSR count). The minimum absolute atomic E-state index is 0.0572. The van der Waals surface area contributed by atoms with Crippen LogP contribution in [0, 0.1) is 10.1 Å². The highest BCUT2D eigenvalue weighted by atomic mass is 35.5. The minimum Gasteiger partial charge on any atom is -0.546 e. The van der Waals surface area contributed by atoms with Gasteiger partial charge in [-0.05, 0) is 36.4 Å². The molecule has 0 aliphatic heterocycles. The summed E-state index contributed by atoms with van der Waals surface area (Å²) in [6.07, 6.45) is 1.51. The van der Waals surface area contributed by atoms with Crippen LogP contribution in [0.5, 0.6) is 28.7 Å². The van der Waals surface area contributed by atoms with Crippen molar-refractivity contribution in [2.75, 3.05) is 12.9 Å². The van der Waals surface area contributed by atoms with Gasteiger partial charge in [-0.2, -0.15) is 0 Å². The fourth-order valence-corrected chi connectivity index (χ4v) is 3.40. The Hall–Kier alpha value is -3.63. The zero-order valence-electron chi connectivity index (χ0n) is 16.5. The predicted molar refractivity (Wildman–Crippen MR) is 114 cm³/mol. The van der Waals surface area contributed by atoms with Crippen LogP contribution >= 0.6 is 11.6 Å². The molecule has 3 aromatic rings. The smallest absolute Gasteiger partial charge is 0.311 e. The predicted octanol–water partition coefficient (Wildman–Crippen LogP) is 3.70. The van der Waals surface area contributed by atoms with Crippen LogP contribution in [0.2, 0.25) is 5.02 Å². The zero-order valence-corrected chi connectivity index (χ0v) is 18.1. The number of benzene rings is 3. The Balaban J connectivity index is 1.92. The van der Waals surface area contributed by atoms with Crippen LogP contribution in [0.15, 0.2) is 65.6 Å². The highest BCUT2D eigenvalue weighted by molar-refractivity contribution is 7.84. The molecule has 0 saturated heterocycles. The second-order valence-corrected chi connectivity index (χ2v) is 8.03. The maximum Gasteiger partial charge on any atom is 0.311 e. The number of halogens is 1. The van der Waals surface area contributed by atoms with Crippen LogP contribution in [-0.2, 0) is 15.6 Å². The lowest BCUT2D eigenvalue weighted by Gasteiger charge is -2.14. The third kappa shape index (κ3) is 5.74. The van der Waals surface area contributed by atoms with Crippen LogP contribution in [0.4, 0.5) is 5.69 Å². The Labute approximate surface area is 189 Å². The van der Waals surface area contributed by atoms with Crippen molar-refractivity contribution in [1.29, 1.82) is 0 Å². The zero-order chi connectivity index (χ0) is 23.3. The van der Waals surface area contributed by atoms with E-state index in [9.17, 15) is 24.2 Å². The molecule has 3 aromatic carbocycles. The first-order chi connectivity index (χ1) is 15.2. The van der Waals surface area contributed by atoms with Crippen molar-refractivity contribution < 1.29 is 33.2 Å². The van der Waals surface area contributed by atoms with Crippen molar-refractivity contribution in [3.63, 3.8) is 0 Å². The summed E-state index contributed by atoms with van der Waals surface area (Å²) in [4.78, 5) is 22.0. The van der Waals surface area contributed by atoms with Gasteiger partial charge >= 0.3 is 5.69 Å². The first-order valence-electron chi connectivity index (χ1n) is 8.93. The number of carbonyl (C=O) groups excluding carboxylic acids is 1. The Morgan fingerprint density at radius 1 is 1.00 bits per heavy atom. The average Bonchev–Trinajstić information content (AvgIpc) is 2.74. The molecule has 0 spiro atoms. The summed E-state index contributed by atoms with van der Waals surface area (Å²) in [5.74, 6) is -1.05. The number of carbonyl (C=O) groups is 1. The highest BCUT2D eigenvalue weighted by Crippen LogP contribution is 2.40. The number of aliphatic carboxylic acids is 1. The number of hydrogen-bond donors (Lipinski definition) is 0. The topological polar surface area (TPSA) is 128 Å². The number of nitro benzene ring substituents is 1. The number of hydrogen-bond acceptors (Lipinski definition) is 8. The van der Waals surface area contributed by atoms with E-state index in [1.54, 1.807) is 18.2 Å². The first kappa shape index (κ1) is 23.0. The van der Waals surface area contributed by atoms with Crippen LogP contribution in [0.1, 0.15) is 0 Å². The highest BCUT2D eigenvalue weighted by Gasteiger charge is 2.19. The van der Waals surface area contributed by atoms with Crippen LogP contribution in [-0.4, -0.2) is 28.0 Å². The maximum absolute atomic E-state index is 11.6. The molecule has 0 amide bonds. The summed E-state index contributed by atoms with van der Waals surface area (Å²) < 4.78 is 28.1. The molecule has 1 atom stereocenters. The van der Waals surface area contributed by atoms with E-state index < -0.39 is 28.3 Å². The molecule has 0 bridgehead atoms. The van der Waals surface area contributed by atoms with Gasteiger partial charge < -0.3 is 24.1 Å². The number of ether oxygens (including phenoxy) is 3. The number of nitrogens with zero attached hydrogens (tertiary/aromatic N) is 1. The quantitative estimate of drug-likeness (QED) is 0.337. The van der Waals surface area contributed by atoms with Crippen molar-refractivity contribution in [3.05, 3.63) is 75.8 Å². The number of nitro groups is 1. The van der Waals surface area contributed by atoms with Gasteiger partial charge in [0.2, 0.25) is 5.75 Å². The van der Waals surface area contributed by atoms with Gasteiger partial charge in [0.1, 0.15) is 18.1 Å². The van der Waals surface area contributed by atoms with Crippen LogP contribution < -0.4 is 19.3 Å². The number of carboxylic acids is 1. The van der Waals surface area contributed by atoms with Crippen LogP contribution in [0.3, 0.4) is 0 Å². The average molecular weight is 477 g/mol. The lowest BCUT2D eigenvalue weighted by Crippen LogP contribution is -2.29. The molecule has 32 heavy (non-hydrogen) atoms. The lowest BCUT2D eigenvalue weighted by molar-refractivity contribution is -0.385. The third-order valence-corrected chi connectivity index (χ3v) is 5.22. The van der Waals surface area contributed by atoms with E-state index in [4.69, 9.17) is 25.8 Å². The Morgan fingerprint density at radius 2 is 1.72 bits per heavy atom. The third-order valence-electron chi connectivity index (χ3n) is 4.01. The van der Waals surface area contributed by atoms with Gasteiger partial charge in [-0.1, -0.05) is 23.7 Å². The van der Waals surface area contributed by atoms with E-state index >= 15 is 0 Å². The summed E-state index contributed by atoms with van der Waals surface area (Å²) in [7, 11) is -1.22. The fourth-order valence-electron chi connectivity index (χ4n) is 2.57. The van der Waals surface area contributed by atoms with E-state index in [1.165, 1.54) is 48.7 Å². The van der Waals surface area contributed by atoms with E-state index in [-0.39, 0.29) is 39.5 Å². The normalized spacial score (nSPS) is 11.4. The molecule has 0 aliphatic rings. The molecule has 9 nitrogen and oxygen atoms in total. The van der Waals surface area contributed by atoms with Crippen molar-refractivity contribution in [2.45, 2.75) is 4.90 Å². The molecule has 0 aromatic heterocycles. The second kappa shape index (κ2) is 10.1. The number of rotatable bonds is 9. The van der Waals surface area contributed by atoms with E-state index in [1.807, 2.05) is 0 Å². The van der Waals surface area contributed by atoms with E-state index in [0.29, 0.717) is 4.90 Å². The van der Waals surface area contributed by atoms with Crippen LogP contribution in [0.25, 0.3) is 0 Å². The van der Waals surface area contributed by atoms with Crippen molar-refractivity contribution in [3.8, 4) is 28.7 Å². The molecule has 0 heterocycles. The molecule has 11 heteroatoms. The van der Waals surface area contributed by atoms with Gasteiger partial charge in [-0.25, -0.2) is 0 Å². The minimum atomic E-state index is -1.43. The molecular weight excluding hydrogens is 462 g/mol. The monoisotopic (exact) mass is 476 g/mol. The summed E-state index contributed by atoms with van der Waals surface area (Å²) in [5.41, 5.74) is -0.352. The van der Waals surface area contributed by atoms with E-state index in [2.05, 4.69) is 0 Å². The number of carboxylic acid groups (broad SMARTS) is 1. The summed E-state index contributed by atoms with van der Waals surface area (Å²) >= 11 is 6.19. The molecule has 0 saturated carbocycles. The standard InChI is InChI=1S/C21H16ClNO8S/c1-32(28)14-7-9-17(15(22)11-14)30-13-6-8-16(23(26)27)20(10-13)31-19-5-3-2-4-18(19)29-12-21(24)25/h2-11H,12H2,1H3,(H,24,25)/p-1. The summed E-state index contributed by atoms with van der Waals surface area (Å²) in [6, 6.07) is 14.6. The first-order valence-corrected chi connectivity index (χ1v) is 10.9. The van der Waals surface area contributed by atoms with Gasteiger partial charge in [-0.15, -0.1) is 0 Å². The Bertz CT molecular complexity index is 1200. The number of para-hydroxylation sites is 2. The van der Waals surface area contributed by atoms with E-state index in [0.717, 1.165) is 0 Å². The molecule has 0 aliphatic carbocycles. The van der Waals surface area contributed by atoms with Gasteiger partial charge in [0.25, 0.3) is 0 Å². The van der Waals surface area contributed by atoms with Gasteiger partial charge in [0, 0.05) is 34.1 Å². The summed E-state index contributed by atoms with van der Waals surface area (Å²) in [6.45, 7) is -0.720. The second-order valence-electron chi connectivity index (χ2n) is 6.24. The molecule has 0 fully saturated rings. The molecule has 0 radical (unpaired) electrons. The maximum atomic E-state index is 11.6. The van der Waals surface area contributed by atoms with Crippen molar-refractivity contribution in [1.82, 2.24) is 0 Å². The van der Waals surface area contributed by atoms with Crippen molar-refractivity contribution in [2.24, 2.45) is 0 Å². The van der Waals surface area contributed by atoms with Gasteiger partial charge in [0.15, 0.2) is 11.5 Å². The van der Waals surface area contributed by atoms with Gasteiger partial charge in [-0.3, -0.25) is 14.3 Å². The molecule has 166 valence electrons. The molecule has 0 N–H and O–H groups in total. The molecular formula is C21H15ClNO8S-.